The SMILES string of the molecule is Cc1ccc(C)c2sc(NC(=O)CCCS(=O)(=O)Cc3ccccc3)nc12. The number of fused-ring (bicyclic) bond motifs is 1. The molecule has 0 atom stereocenters. The van der Waals surface area contributed by atoms with Gasteiger partial charge in [-0.2, -0.15) is 0 Å². The molecule has 0 unspecified atom stereocenters. The summed E-state index contributed by atoms with van der Waals surface area (Å²) in [6.07, 6.45) is 0.450. The summed E-state index contributed by atoms with van der Waals surface area (Å²) in [4.78, 5) is 16.7. The molecule has 1 amide bonds. The van der Waals surface area contributed by atoms with Crippen LogP contribution in [0.25, 0.3) is 10.2 Å². The molecule has 0 saturated carbocycles. The molecule has 0 saturated heterocycles. The van der Waals surface area contributed by atoms with Crippen molar-refractivity contribution in [3.8, 4) is 0 Å². The number of carbonyl (C=O) groups is 1. The maximum Gasteiger partial charge on any atom is 0.226 e. The lowest BCUT2D eigenvalue weighted by Gasteiger charge is -2.05. The fourth-order valence-electron chi connectivity index (χ4n) is 2.85. The van der Waals surface area contributed by atoms with Crippen LogP contribution in [0.5, 0.6) is 0 Å². The molecular weight excluding hydrogens is 380 g/mol. The average Bonchev–Trinajstić information content (AvgIpc) is 3.03. The first-order valence-electron chi connectivity index (χ1n) is 8.75. The molecule has 0 radical (unpaired) electrons. The van der Waals surface area contributed by atoms with Gasteiger partial charge in [-0.05, 0) is 37.0 Å². The Morgan fingerprint density at radius 1 is 1.07 bits per heavy atom. The van der Waals surface area contributed by atoms with E-state index in [0.717, 1.165) is 26.9 Å². The van der Waals surface area contributed by atoms with Crippen LogP contribution in [0, 0.1) is 13.8 Å². The molecule has 0 spiro atoms. The molecule has 5 nitrogen and oxygen atoms in total. The molecule has 0 aliphatic carbocycles. The fraction of sp³-hybridized carbons (Fsp3) is 0.300. The Hall–Kier alpha value is -2.25. The Labute approximate surface area is 163 Å². The molecule has 3 aromatic rings. The average molecular weight is 403 g/mol. The van der Waals surface area contributed by atoms with Gasteiger partial charge in [0.2, 0.25) is 5.91 Å². The Balaban J connectivity index is 1.54. The van der Waals surface area contributed by atoms with Crippen molar-refractivity contribution >= 4 is 42.4 Å². The molecule has 1 aromatic heterocycles. The second-order valence-corrected chi connectivity index (χ2v) is 9.81. The van der Waals surface area contributed by atoms with E-state index in [0.29, 0.717) is 11.6 Å². The van der Waals surface area contributed by atoms with Gasteiger partial charge in [0.15, 0.2) is 15.0 Å². The minimum atomic E-state index is -3.23. The number of sulfone groups is 1. The zero-order valence-corrected chi connectivity index (χ0v) is 17.0. The summed E-state index contributed by atoms with van der Waals surface area (Å²) < 4.78 is 25.4. The van der Waals surface area contributed by atoms with Crippen molar-refractivity contribution in [2.24, 2.45) is 0 Å². The van der Waals surface area contributed by atoms with E-state index in [-0.39, 0.29) is 23.8 Å². The van der Waals surface area contributed by atoms with Gasteiger partial charge >= 0.3 is 0 Å². The maximum atomic E-state index is 12.2. The molecule has 142 valence electrons. The Morgan fingerprint density at radius 3 is 2.48 bits per heavy atom. The van der Waals surface area contributed by atoms with Crippen LogP contribution < -0.4 is 5.32 Å². The van der Waals surface area contributed by atoms with E-state index >= 15 is 0 Å². The van der Waals surface area contributed by atoms with Crippen LogP contribution in [-0.2, 0) is 20.4 Å². The van der Waals surface area contributed by atoms with Gasteiger partial charge < -0.3 is 5.32 Å². The lowest BCUT2D eigenvalue weighted by Crippen LogP contribution is -2.15. The topological polar surface area (TPSA) is 76.1 Å². The number of anilines is 1. The third-order valence-corrected chi connectivity index (χ3v) is 7.07. The van der Waals surface area contributed by atoms with Crippen LogP contribution in [0.3, 0.4) is 0 Å². The fourth-order valence-corrected chi connectivity index (χ4v) is 5.30. The molecule has 0 bridgehead atoms. The van der Waals surface area contributed by atoms with Gasteiger partial charge in [-0.15, -0.1) is 0 Å². The van der Waals surface area contributed by atoms with Gasteiger partial charge in [0.05, 0.1) is 21.7 Å². The van der Waals surface area contributed by atoms with Crippen LogP contribution in [-0.4, -0.2) is 25.1 Å². The molecule has 0 aliphatic rings. The molecule has 1 heterocycles. The lowest BCUT2D eigenvalue weighted by atomic mass is 10.1. The number of nitrogens with one attached hydrogen (secondary N) is 1. The summed E-state index contributed by atoms with van der Waals surface area (Å²) in [7, 11) is -3.23. The number of nitrogens with zero attached hydrogens (tertiary/aromatic N) is 1. The molecule has 27 heavy (non-hydrogen) atoms. The van der Waals surface area contributed by atoms with Crippen LogP contribution in [0.2, 0.25) is 0 Å². The van der Waals surface area contributed by atoms with E-state index in [1.54, 1.807) is 12.1 Å². The number of rotatable bonds is 7. The van der Waals surface area contributed by atoms with E-state index in [2.05, 4.69) is 10.3 Å². The van der Waals surface area contributed by atoms with Crippen molar-refractivity contribution in [1.29, 1.82) is 0 Å². The highest BCUT2D eigenvalue weighted by molar-refractivity contribution is 7.90. The summed E-state index contributed by atoms with van der Waals surface area (Å²) in [5.41, 5.74) is 3.86. The minimum absolute atomic E-state index is 0.00584. The van der Waals surface area contributed by atoms with Gasteiger partial charge in [-0.25, -0.2) is 13.4 Å². The molecule has 3 rings (SSSR count). The first-order chi connectivity index (χ1) is 12.8. The number of amides is 1. The lowest BCUT2D eigenvalue weighted by molar-refractivity contribution is -0.116. The number of hydrogen-bond donors (Lipinski definition) is 1. The number of benzene rings is 2. The van der Waals surface area contributed by atoms with Crippen molar-refractivity contribution in [2.45, 2.75) is 32.4 Å². The Bertz CT molecular complexity index is 1020. The Morgan fingerprint density at radius 2 is 1.78 bits per heavy atom. The normalized spacial score (nSPS) is 11.6. The molecule has 2 aromatic carbocycles. The van der Waals surface area contributed by atoms with E-state index in [4.69, 9.17) is 0 Å². The second kappa shape index (κ2) is 8.19. The number of aryl methyl sites for hydroxylation is 2. The molecular formula is C20H22N2O3S2. The standard InChI is InChI=1S/C20H22N2O3S2/c1-14-10-11-15(2)19-18(14)22-20(26-19)21-17(23)9-6-12-27(24,25)13-16-7-4-3-5-8-16/h3-5,7-8,10-11H,6,9,12-13H2,1-2H3,(H,21,22,23). The van der Waals surface area contributed by atoms with Gasteiger partial charge in [-0.1, -0.05) is 53.8 Å². The monoisotopic (exact) mass is 402 g/mol. The first-order valence-corrected chi connectivity index (χ1v) is 11.4. The van der Waals surface area contributed by atoms with Gasteiger partial charge in [0, 0.05) is 6.42 Å². The number of carbonyl (C=O) groups excluding carboxylic acids is 1. The number of hydrogen-bond acceptors (Lipinski definition) is 5. The summed E-state index contributed by atoms with van der Waals surface area (Å²) >= 11 is 1.45. The number of thiazole rings is 1. The van der Waals surface area contributed by atoms with Crippen molar-refractivity contribution < 1.29 is 13.2 Å². The van der Waals surface area contributed by atoms with E-state index in [1.807, 2.05) is 44.2 Å². The van der Waals surface area contributed by atoms with Crippen molar-refractivity contribution in [3.05, 3.63) is 59.2 Å². The first kappa shape index (κ1) is 19.5. The van der Waals surface area contributed by atoms with Crippen LogP contribution in [0.15, 0.2) is 42.5 Å². The molecule has 1 N–H and O–H groups in total. The van der Waals surface area contributed by atoms with Gasteiger partial charge in [-0.3, -0.25) is 4.79 Å². The summed E-state index contributed by atoms with van der Waals surface area (Å²) in [5.74, 6) is -0.210. The van der Waals surface area contributed by atoms with Crippen LogP contribution in [0.1, 0.15) is 29.5 Å². The van der Waals surface area contributed by atoms with E-state index < -0.39 is 9.84 Å². The van der Waals surface area contributed by atoms with Crippen molar-refractivity contribution in [1.82, 2.24) is 4.98 Å². The molecule has 0 fully saturated rings. The quantitative estimate of drug-likeness (QED) is 0.641. The Kier molecular flexibility index (Phi) is 5.92. The highest BCUT2D eigenvalue weighted by Gasteiger charge is 2.14. The summed E-state index contributed by atoms with van der Waals surface area (Å²) in [6, 6.07) is 13.1. The van der Waals surface area contributed by atoms with Gasteiger partial charge in [0.1, 0.15) is 0 Å². The third-order valence-electron chi connectivity index (χ3n) is 4.28. The minimum Gasteiger partial charge on any atom is -0.302 e. The van der Waals surface area contributed by atoms with Crippen molar-refractivity contribution in [2.75, 3.05) is 11.1 Å². The maximum absolute atomic E-state index is 12.2. The van der Waals surface area contributed by atoms with E-state index in [9.17, 15) is 13.2 Å². The van der Waals surface area contributed by atoms with Crippen LogP contribution in [0.4, 0.5) is 5.13 Å². The third kappa shape index (κ3) is 5.14. The predicted octanol–water partition coefficient (Wildman–Crippen LogP) is 4.25. The number of aromatic nitrogens is 1. The van der Waals surface area contributed by atoms with E-state index in [1.165, 1.54) is 11.3 Å². The summed E-state index contributed by atoms with van der Waals surface area (Å²) in [5, 5.41) is 3.35. The largest absolute Gasteiger partial charge is 0.302 e. The summed E-state index contributed by atoms with van der Waals surface area (Å²) in [6.45, 7) is 4.01. The predicted molar refractivity (Wildman–Crippen MR) is 111 cm³/mol. The van der Waals surface area contributed by atoms with Crippen LogP contribution >= 0.6 is 11.3 Å². The van der Waals surface area contributed by atoms with Crippen molar-refractivity contribution in [3.63, 3.8) is 0 Å². The zero-order chi connectivity index (χ0) is 19.4. The highest BCUT2D eigenvalue weighted by atomic mass is 32.2. The highest BCUT2D eigenvalue weighted by Crippen LogP contribution is 2.30. The molecule has 7 heteroatoms. The van der Waals surface area contributed by atoms with Gasteiger partial charge in [0.25, 0.3) is 0 Å². The second-order valence-electron chi connectivity index (χ2n) is 6.63. The zero-order valence-electron chi connectivity index (χ0n) is 15.4. The molecule has 0 aliphatic heterocycles. The smallest absolute Gasteiger partial charge is 0.226 e.